The van der Waals surface area contributed by atoms with Gasteiger partial charge in [-0.3, -0.25) is 4.79 Å². The van der Waals surface area contributed by atoms with Crippen LogP contribution >= 0.6 is 0 Å². The lowest BCUT2D eigenvalue weighted by Crippen LogP contribution is -2.42. The van der Waals surface area contributed by atoms with E-state index in [-0.39, 0.29) is 5.91 Å². The molecule has 0 N–H and O–H groups in total. The van der Waals surface area contributed by atoms with Crippen molar-refractivity contribution < 1.29 is 14.2 Å². The number of benzene rings is 1. The molecule has 0 saturated heterocycles. The van der Waals surface area contributed by atoms with Gasteiger partial charge in [0.25, 0.3) is 5.91 Å². The molecule has 1 unspecified atom stereocenters. The van der Waals surface area contributed by atoms with Gasteiger partial charge in [0.1, 0.15) is 11.5 Å². The van der Waals surface area contributed by atoms with E-state index in [4.69, 9.17) is 9.36 Å². The van der Waals surface area contributed by atoms with Crippen molar-refractivity contribution in [3.05, 3.63) is 41.7 Å². The summed E-state index contributed by atoms with van der Waals surface area (Å²) in [6, 6.07) is 9.91. The lowest BCUT2D eigenvalue weighted by atomic mass is 9.99. The standard InChI is InChI=1S/C19H21N3O3/c1-12(2)15-10-17(25-20-15)19(23)22-9-8-16-14(11-22)18(21-24-16)13-6-4-3-5-7-13/h3-7,12,17H,8-11H2,1-2H3. The Balaban J connectivity index is 1.52. The Kier molecular flexibility index (Phi) is 4.03. The molecule has 6 nitrogen and oxygen atoms in total. The van der Waals surface area contributed by atoms with Crippen LogP contribution in [-0.2, 0) is 22.6 Å². The second-order valence-electron chi connectivity index (χ2n) is 6.84. The molecule has 2 aliphatic heterocycles. The Bertz CT molecular complexity index is 811. The average molecular weight is 339 g/mol. The molecular weight excluding hydrogens is 318 g/mol. The molecule has 0 bridgehead atoms. The van der Waals surface area contributed by atoms with E-state index in [9.17, 15) is 4.79 Å². The summed E-state index contributed by atoms with van der Waals surface area (Å²) in [7, 11) is 0. The number of carbonyl (C=O) groups excluding carboxylic acids is 1. The molecule has 4 rings (SSSR count). The minimum absolute atomic E-state index is 0.00902. The molecule has 1 atom stereocenters. The van der Waals surface area contributed by atoms with Gasteiger partial charge in [0.2, 0.25) is 6.10 Å². The van der Waals surface area contributed by atoms with Crippen molar-refractivity contribution in [3.8, 4) is 11.3 Å². The first-order valence-corrected chi connectivity index (χ1v) is 8.67. The molecule has 0 radical (unpaired) electrons. The SMILES string of the molecule is CC(C)C1=NOC(C(=O)N2CCc3onc(-c4ccccc4)c3C2)C1. The van der Waals surface area contributed by atoms with Crippen molar-refractivity contribution in [1.82, 2.24) is 10.1 Å². The molecule has 1 aromatic heterocycles. The van der Waals surface area contributed by atoms with Gasteiger partial charge in [-0.2, -0.15) is 0 Å². The fourth-order valence-electron chi connectivity index (χ4n) is 3.29. The smallest absolute Gasteiger partial charge is 0.267 e. The zero-order chi connectivity index (χ0) is 17.4. The Hall–Kier alpha value is -2.63. The number of amides is 1. The maximum absolute atomic E-state index is 12.8. The highest BCUT2D eigenvalue weighted by Crippen LogP contribution is 2.30. The first kappa shape index (κ1) is 15.9. The molecule has 0 aliphatic carbocycles. The summed E-state index contributed by atoms with van der Waals surface area (Å²) < 4.78 is 5.50. The summed E-state index contributed by atoms with van der Waals surface area (Å²) >= 11 is 0. The minimum Gasteiger partial charge on any atom is -0.382 e. The fraction of sp³-hybridized carbons (Fsp3) is 0.421. The number of oxime groups is 1. The van der Waals surface area contributed by atoms with Gasteiger partial charge in [-0.05, 0) is 5.92 Å². The summed E-state index contributed by atoms with van der Waals surface area (Å²) in [4.78, 5) is 20.0. The number of rotatable bonds is 3. The minimum atomic E-state index is -0.501. The van der Waals surface area contributed by atoms with Crippen LogP contribution in [0.1, 0.15) is 31.6 Å². The van der Waals surface area contributed by atoms with Crippen molar-refractivity contribution >= 4 is 11.6 Å². The van der Waals surface area contributed by atoms with Crippen LogP contribution in [0.5, 0.6) is 0 Å². The maximum atomic E-state index is 12.8. The van der Waals surface area contributed by atoms with Crippen LogP contribution in [0.3, 0.4) is 0 Å². The number of carbonyl (C=O) groups is 1. The Morgan fingerprint density at radius 2 is 2.08 bits per heavy atom. The molecule has 2 aromatic rings. The van der Waals surface area contributed by atoms with Gasteiger partial charge in [-0.15, -0.1) is 0 Å². The first-order valence-electron chi connectivity index (χ1n) is 8.67. The van der Waals surface area contributed by atoms with E-state index in [0.717, 1.165) is 28.3 Å². The number of aromatic nitrogens is 1. The zero-order valence-electron chi connectivity index (χ0n) is 14.4. The number of nitrogens with zero attached hydrogens (tertiary/aromatic N) is 3. The summed E-state index contributed by atoms with van der Waals surface area (Å²) in [5.41, 5.74) is 3.77. The van der Waals surface area contributed by atoms with Gasteiger partial charge >= 0.3 is 0 Å². The van der Waals surface area contributed by atoms with E-state index in [1.54, 1.807) is 0 Å². The maximum Gasteiger partial charge on any atom is 0.267 e. The average Bonchev–Trinajstić information content (AvgIpc) is 3.28. The third kappa shape index (κ3) is 2.92. The molecule has 6 heteroatoms. The van der Waals surface area contributed by atoms with E-state index in [0.29, 0.717) is 31.8 Å². The van der Waals surface area contributed by atoms with Crippen molar-refractivity contribution in [3.63, 3.8) is 0 Å². The van der Waals surface area contributed by atoms with E-state index < -0.39 is 6.10 Å². The predicted octanol–water partition coefficient (Wildman–Crippen LogP) is 3.03. The van der Waals surface area contributed by atoms with Crippen LogP contribution in [0, 0.1) is 5.92 Å². The van der Waals surface area contributed by atoms with Crippen molar-refractivity contribution in [1.29, 1.82) is 0 Å². The molecule has 1 amide bonds. The molecule has 1 aromatic carbocycles. The normalized spacial score (nSPS) is 19.6. The highest BCUT2D eigenvalue weighted by Gasteiger charge is 2.35. The summed E-state index contributed by atoms with van der Waals surface area (Å²) in [6.45, 7) is 5.24. The molecule has 0 spiro atoms. The van der Waals surface area contributed by atoms with Gasteiger partial charge in [0.15, 0.2) is 0 Å². The molecular formula is C19H21N3O3. The van der Waals surface area contributed by atoms with Gasteiger partial charge in [0.05, 0.1) is 12.3 Å². The lowest BCUT2D eigenvalue weighted by Gasteiger charge is -2.27. The Morgan fingerprint density at radius 3 is 2.80 bits per heavy atom. The van der Waals surface area contributed by atoms with E-state index >= 15 is 0 Å². The predicted molar refractivity (Wildman–Crippen MR) is 92.8 cm³/mol. The molecule has 0 saturated carbocycles. The monoisotopic (exact) mass is 339 g/mol. The molecule has 2 aliphatic rings. The Labute approximate surface area is 146 Å². The first-order chi connectivity index (χ1) is 12.1. The largest absolute Gasteiger partial charge is 0.382 e. The van der Waals surface area contributed by atoms with Gasteiger partial charge in [0, 0.05) is 30.5 Å². The van der Waals surface area contributed by atoms with Crippen LogP contribution in [-0.4, -0.2) is 34.3 Å². The third-order valence-corrected chi connectivity index (χ3v) is 4.82. The third-order valence-electron chi connectivity index (χ3n) is 4.82. The number of hydrogen-bond acceptors (Lipinski definition) is 5. The van der Waals surface area contributed by atoms with Crippen LogP contribution in [0.15, 0.2) is 40.0 Å². The van der Waals surface area contributed by atoms with E-state index in [1.807, 2.05) is 35.2 Å². The second kappa shape index (κ2) is 6.35. The fourth-order valence-corrected chi connectivity index (χ4v) is 3.29. The van der Waals surface area contributed by atoms with Crippen molar-refractivity contribution in [2.24, 2.45) is 11.1 Å². The highest BCUT2D eigenvalue weighted by atomic mass is 16.6. The van der Waals surface area contributed by atoms with Crippen LogP contribution in [0.25, 0.3) is 11.3 Å². The molecule has 130 valence electrons. The van der Waals surface area contributed by atoms with Gasteiger partial charge in [-0.1, -0.05) is 54.5 Å². The summed E-state index contributed by atoms with van der Waals surface area (Å²) in [5.74, 6) is 1.16. The van der Waals surface area contributed by atoms with E-state index in [1.165, 1.54) is 0 Å². The van der Waals surface area contributed by atoms with Crippen LogP contribution < -0.4 is 0 Å². The van der Waals surface area contributed by atoms with E-state index in [2.05, 4.69) is 24.2 Å². The number of hydrogen-bond donors (Lipinski definition) is 0. The molecule has 0 fully saturated rings. The van der Waals surface area contributed by atoms with Crippen LogP contribution in [0.4, 0.5) is 0 Å². The van der Waals surface area contributed by atoms with Crippen molar-refractivity contribution in [2.75, 3.05) is 6.54 Å². The summed E-state index contributed by atoms with van der Waals surface area (Å²) in [5, 5.41) is 8.30. The Morgan fingerprint density at radius 1 is 1.28 bits per heavy atom. The molecule has 25 heavy (non-hydrogen) atoms. The highest BCUT2D eigenvalue weighted by molar-refractivity contribution is 5.93. The van der Waals surface area contributed by atoms with Gasteiger partial charge < -0.3 is 14.3 Å². The topological polar surface area (TPSA) is 67.9 Å². The lowest BCUT2D eigenvalue weighted by molar-refractivity contribution is -0.143. The zero-order valence-corrected chi connectivity index (χ0v) is 14.4. The second-order valence-corrected chi connectivity index (χ2v) is 6.84. The molecule has 3 heterocycles. The number of fused-ring (bicyclic) bond motifs is 1. The van der Waals surface area contributed by atoms with Crippen molar-refractivity contribution in [2.45, 2.75) is 39.3 Å². The summed E-state index contributed by atoms with van der Waals surface area (Å²) in [6.07, 6.45) is 0.750. The van der Waals surface area contributed by atoms with Gasteiger partial charge in [-0.25, -0.2) is 0 Å². The van der Waals surface area contributed by atoms with Crippen LogP contribution in [0.2, 0.25) is 0 Å². The quantitative estimate of drug-likeness (QED) is 0.862.